The lowest BCUT2D eigenvalue weighted by molar-refractivity contribution is 0.338. The highest BCUT2D eigenvalue weighted by Gasteiger charge is 2.09. The van der Waals surface area contributed by atoms with Gasteiger partial charge in [0.2, 0.25) is 0 Å². The van der Waals surface area contributed by atoms with Crippen molar-refractivity contribution >= 4 is 25.8 Å². The Balaban J connectivity index is 3.13. The first-order valence-corrected chi connectivity index (χ1v) is 6.76. The van der Waals surface area contributed by atoms with Gasteiger partial charge < -0.3 is 4.74 Å². The largest absolute Gasteiger partial charge is 0.493 e. The molecule has 0 bridgehead atoms. The highest BCUT2D eigenvalue weighted by atomic mass is 79.9. The summed E-state index contributed by atoms with van der Waals surface area (Å²) in [5.74, 6) is 0.653. The fraction of sp³-hybridized carbons (Fsp3) is 0.333. The maximum atomic E-state index is 11.2. The van der Waals surface area contributed by atoms with Gasteiger partial charge >= 0.3 is 0 Å². The zero-order valence-corrected chi connectivity index (χ0v) is 10.4. The van der Waals surface area contributed by atoms with Gasteiger partial charge in [0.05, 0.1) is 16.0 Å². The standard InChI is InChI=1S/C9H11BrO3S/c1-3-13-9-5-4-7(6-8(9)10)14(2,11)12/h4-6H,3H2,1-2H3. The fourth-order valence-corrected chi connectivity index (χ4v) is 2.28. The first-order valence-electron chi connectivity index (χ1n) is 4.07. The number of hydrogen-bond donors (Lipinski definition) is 0. The summed E-state index contributed by atoms with van der Waals surface area (Å²) in [6.45, 7) is 2.42. The first kappa shape index (κ1) is 11.5. The molecule has 0 saturated heterocycles. The Morgan fingerprint density at radius 3 is 2.50 bits per heavy atom. The molecule has 0 saturated carbocycles. The van der Waals surface area contributed by atoms with Gasteiger partial charge in [0, 0.05) is 6.26 Å². The SMILES string of the molecule is CCOc1ccc(S(C)(=O)=O)cc1Br. The lowest BCUT2D eigenvalue weighted by atomic mass is 10.3. The van der Waals surface area contributed by atoms with Crippen molar-refractivity contribution in [3.05, 3.63) is 22.7 Å². The number of rotatable bonds is 3. The van der Waals surface area contributed by atoms with Crippen molar-refractivity contribution in [2.24, 2.45) is 0 Å². The van der Waals surface area contributed by atoms with Crippen LogP contribution < -0.4 is 4.74 Å². The molecule has 1 aromatic carbocycles. The van der Waals surface area contributed by atoms with Crippen molar-refractivity contribution in [3.63, 3.8) is 0 Å². The van der Waals surface area contributed by atoms with Gasteiger partial charge in [0.25, 0.3) is 0 Å². The second-order valence-electron chi connectivity index (χ2n) is 2.80. The van der Waals surface area contributed by atoms with Crippen LogP contribution in [0.5, 0.6) is 5.75 Å². The first-order chi connectivity index (χ1) is 6.45. The predicted molar refractivity (Wildman–Crippen MR) is 58.4 cm³/mol. The van der Waals surface area contributed by atoms with Crippen LogP contribution in [0.1, 0.15) is 6.92 Å². The lowest BCUT2D eigenvalue weighted by Gasteiger charge is -2.06. The summed E-state index contributed by atoms with van der Waals surface area (Å²) >= 11 is 3.25. The molecule has 0 aliphatic rings. The predicted octanol–water partition coefficient (Wildman–Crippen LogP) is 2.25. The number of ether oxygens (including phenoxy) is 1. The van der Waals surface area contributed by atoms with Crippen LogP contribution in [0.25, 0.3) is 0 Å². The lowest BCUT2D eigenvalue weighted by Crippen LogP contribution is -1.98. The Labute approximate surface area is 92.1 Å². The van der Waals surface area contributed by atoms with E-state index >= 15 is 0 Å². The van der Waals surface area contributed by atoms with Crippen LogP contribution in [0, 0.1) is 0 Å². The van der Waals surface area contributed by atoms with E-state index in [1.807, 2.05) is 6.92 Å². The molecule has 0 aromatic heterocycles. The van der Waals surface area contributed by atoms with E-state index in [4.69, 9.17) is 4.74 Å². The molecule has 0 radical (unpaired) electrons. The zero-order chi connectivity index (χ0) is 10.8. The molecule has 3 nitrogen and oxygen atoms in total. The molecule has 5 heteroatoms. The molecule has 1 rings (SSSR count). The minimum Gasteiger partial charge on any atom is -0.493 e. The third-order valence-corrected chi connectivity index (χ3v) is 3.36. The van der Waals surface area contributed by atoms with Gasteiger partial charge in [-0.05, 0) is 41.1 Å². The summed E-state index contributed by atoms with van der Waals surface area (Å²) in [7, 11) is -3.14. The average molecular weight is 279 g/mol. The molecule has 0 fully saturated rings. The van der Waals surface area contributed by atoms with Crippen molar-refractivity contribution < 1.29 is 13.2 Å². The van der Waals surface area contributed by atoms with E-state index in [2.05, 4.69) is 15.9 Å². The Bertz CT molecular complexity index is 426. The molecule has 14 heavy (non-hydrogen) atoms. The summed E-state index contributed by atoms with van der Waals surface area (Å²) < 4.78 is 28.3. The average Bonchev–Trinajstić information content (AvgIpc) is 2.07. The molecular formula is C9H11BrO3S. The Kier molecular flexibility index (Phi) is 3.55. The molecule has 1 aromatic rings. The van der Waals surface area contributed by atoms with E-state index in [0.29, 0.717) is 16.8 Å². The van der Waals surface area contributed by atoms with Crippen LogP contribution >= 0.6 is 15.9 Å². The minimum atomic E-state index is -3.14. The number of halogens is 1. The van der Waals surface area contributed by atoms with Gasteiger partial charge in [-0.25, -0.2) is 8.42 Å². The van der Waals surface area contributed by atoms with Crippen LogP contribution in [0.3, 0.4) is 0 Å². The maximum Gasteiger partial charge on any atom is 0.175 e. The topological polar surface area (TPSA) is 43.4 Å². The van der Waals surface area contributed by atoms with Crippen LogP contribution in [0.2, 0.25) is 0 Å². The van der Waals surface area contributed by atoms with Crippen LogP contribution in [-0.4, -0.2) is 21.3 Å². The third-order valence-electron chi connectivity index (χ3n) is 1.63. The van der Waals surface area contributed by atoms with Crippen molar-refractivity contribution in [3.8, 4) is 5.75 Å². The van der Waals surface area contributed by atoms with Crippen LogP contribution in [0.15, 0.2) is 27.6 Å². The Morgan fingerprint density at radius 2 is 2.07 bits per heavy atom. The molecule has 0 heterocycles. The molecule has 0 N–H and O–H groups in total. The van der Waals surface area contributed by atoms with E-state index < -0.39 is 9.84 Å². The summed E-state index contributed by atoms with van der Waals surface area (Å²) in [6, 6.07) is 4.72. The van der Waals surface area contributed by atoms with Gasteiger partial charge in [-0.2, -0.15) is 0 Å². The molecule has 0 amide bonds. The summed E-state index contributed by atoms with van der Waals surface area (Å²) in [6.07, 6.45) is 1.18. The number of benzene rings is 1. The van der Waals surface area contributed by atoms with Crippen molar-refractivity contribution in [1.29, 1.82) is 0 Å². The van der Waals surface area contributed by atoms with Gasteiger partial charge in [0.15, 0.2) is 9.84 Å². The van der Waals surface area contributed by atoms with E-state index in [-0.39, 0.29) is 4.90 Å². The van der Waals surface area contributed by atoms with Gasteiger partial charge in [-0.1, -0.05) is 0 Å². The normalized spacial score (nSPS) is 11.4. The molecule has 0 atom stereocenters. The van der Waals surface area contributed by atoms with Crippen molar-refractivity contribution in [2.75, 3.05) is 12.9 Å². The molecule has 0 spiro atoms. The molecule has 0 unspecified atom stereocenters. The second kappa shape index (κ2) is 4.31. The number of hydrogen-bond acceptors (Lipinski definition) is 3. The quantitative estimate of drug-likeness (QED) is 0.852. The molecular weight excluding hydrogens is 268 g/mol. The van der Waals surface area contributed by atoms with E-state index in [9.17, 15) is 8.42 Å². The number of sulfone groups is 1. The van der Waals surface area contributed by atoms with Gasteiger partial charge in [-0.3, -0.25) is 0 Å². The highest BCUT2D eigenvalue weighted by Crippen LogP contribution is 2.27. The van der Waals surface area contributed by atoms with E-state index in [0.717, 1.165) is 0 Å². The van der Waals surface area contributed by atoms with Crippen molar-refractivity contribution in [1.82, 2.24) is 0 Å². The van der Waals surface area contributed by atoms with Gasteiger partial charge in [0.1, 0.15) is 5.75 Å². The highest BCUT2D eigenvalue weighted by molar-refractivity contribution is 9.10. The summed E-state index contributed by atoms with van der Waals surface area (Å²) in [5, 5.41) is 0. The Hall–Kier alpha value is -0.550. The molecule has 0 aliphatic heterocycles. The maximum absolute atomic E-state index is 11.2. The van der Waals surface area contributed by atoms with Crippen LogP contribution in [0.4, 0.5) is 0 Å². The smallest absolute Gasteiger partial charge is 0.175 e. The summed E-state index contributed by atoms with van der Waals surface area (Å²) in [4.78, 5) is 0.285. The van der Waals surface area contributed by atoms with Crippen LogP contribution in [-0.2, 0) is 9.84 Å². The monoisotopic (exact) mass is 278 g/mol. The van der Waals surface area contributed by atoms with E-state index in [1.54, 1.807) is 12.1 Å². The molecule has 0 aliphatic carbocycles. The molecule has 78 valence electrons. The minimum absolute atomic E-state index is 0.285. The fourth-order valence-electron chi connectivity index (χ4n) is 0.985. The van der Waals surface area contributed by atoms with E-state index in [1.165, 1.54) is 12.3 Å². The zero-order valence-electron chi connectivity index (χ0n) is 7.95. The van der Waals surface area contributed by atoms with Gasteiger partial charge in [-0.15, -0.1) is 0 Å². The van der Waals surface area contributed by atoms with Crippen molar-refractivity contribution in [2.45, 2.75) is 11.8 Å². The third kappa shape index (κ3) is 2.72. The summed E-state index contributed by atoms with van der Waals surface area (Å²) in [5.41, 5.74) is 0. The Morgan fingerprint density at radius 1 is 1.43 bits per heavy atom. The second-order valence-corrected chi connectivity index (χ2v) is 5.67.